The number of anilines is 1. The molecule has 26 heavy (non-hydrogen) atoms. The Labute approximate surface area is 156 Å². The summed E-state index contributed by atoms with van der Waals surface area (Å²) < 4.78 is 0. The third kappa shape index (κ3) is 4.01. The van der Waals surface area contributed by atoms with E-state index in [1.807, 2.05) is 19.1 Å². The molecule has 1 saturated heterocycles. The zero-order valence-corrected chi connectivity index (χ0v) is 15.6. The molecule has 7 nitrogen and oxygen atoms in total. The molecule has 0 spiro atoms. The summed E-state index contributed by atoms with van der Waals surface area (Å²) in [7, 11) is 0. The molecule has 0 bridgehead atoms. The fourth-order valence-electron chi connectivity index (χ4n) is 3.19. The maximum absolute atomic E-state index is 12.4. The number of nitrogens with zero attached hydrogens (tertiary/aromatic N) is 3. The molecule has 1 aliphatic rings. The molecule has 2 amide bonds. The van der Waals surface area contributed by atoms with Crippen molar-refractivity contribution in [1.82, 2.24) is 15.3 Å². The molecule has 0 unspecified atom stereocenters. The van der Waals surface area contributed by atoms with E-state index < -0.39 is 0 Å². The first kappa shape index (κ1) is 18.3. The Kier molecular flexibility index (Phi) is 5.82. The van der Waals surface area contributed by atoms with Crippen molar-refractivity contribution in [2.45, 2.75) is 32.7 Å². The van der Waals surface area contributed by atoms with Crippen molar-refractivity contribution < 1.29 is 9.59 Å². The van der Waals surface area contributed by atoms with Crippen LogP contribution in [0.4, 0.5) is 5.82 Å². The molecule has 0 aliphatic carbocycles. The monoisotopic (exact) mass is 373 g/mol. The highest BCUT2D eigenvalue weighted by Gasteiger charge is 2.25. The largest absolute Gasteiger partial charge is 0.369 e. The number of piperidine rings is 1. The average molecular weight is 373 g/mol. The van der Waals surface area contributed by atoms with Gasteiger partial charge in [0.1, 0.15) is 10.7 Å². The molecular formula is C18H23N5O2S. The number of nitrogens with two attached hydrogens (primary N) is 1. The highest BCUT2D eigenvalue weighted by Crippen LogP contribution is 2.24. The highest BCUT2D eigenvalue weighted by molar-refractivity contribution is 7.11. The summed E-state index contributed by atoms with van der Waals surface area (Å²) in [6.07, 6.45) is 3.95. The van der Waals surface area contributed by atoms with E-state index in [2.05, 4.69) is 20.2 Å². The van der Waals surface area contributed by atoms with Crippen molar-refractivity contribution in [2.75, 3.05) is 18.0 Å². The second-order valence-corrected chi connectivity index (χ2v) is 7.17. The van der Waals surface area contributed by atoms with Gasteiger partial charge in [-0.15, -0.1) is 11.3 Å². The number of aryl methyl sites for hydroxylation is 1. The Bertz CT molecular complexity index is 783. The van der Waals surface area contributed by atoms with Gasteiger partial charge >= 0.3 is 0 Å². The first-order chi connectivity index (χ1) is 12.6. The zero-order chi connectivity index (χ0) is 18.5. The molecule has 2 aromatic rings. The van der Waals surface area contributed by atoms with Gasteiger partial charge < -0.3 is 16.0 Å². The predicted molar refractivity (Wildman–Crippen MR) is 101 cm³/mol. The van der Waals surface area contributed by atoms with Crippen molar-refractivity contribution in [3.8, 4) is 0 Å². The standard InChI is InChI=1S/C18H23N5O2S/c1-2-14-15(26-11-22-14)18(25)21-10-13-4-3-7-20-17(13)23-8-5-12(6-9-23)16(19)24/h3-4,7,11-12H,2,5-6,8-10H2,1H3,(H2,19,24)(H,21,25). The van der Waals surface area contributed by atoms with Crippen molar-refractivity contribution in [1.29, 1.82) is 0 Å². The van der Waals surface area contributed by atoms with Gasteiger partial charge in [0.2, 0.25) is 5.91 Å². The van der Waals surface area contributed by atoms with Crippen molar-refractivity contribution in [3.05, 3.63) is 40.0 Å². The van der Waals surface area contributed by atoms with E-state index in [0.717, 1.165) is 49.4 Å². The Morgan fingerprint density at radius 2 is 2.12 bits per heavy atom. The van der Waals surface area contributed by atoms with E-state index in [1.54, 1.807) is 11.7 Å². The number of amides is 2. The van der Waals surface area contributed by atoms with E-state index >= 15 is 0 Å². The summed E-state index contributed by atoms with van der Waals surface area (Å²) in [6, 6.07) is 3.83. The van der Waals surface area contributed by atoms with Crippen LogP contribution in [0.15, 0.2) is 23.8 Å². The minimum Gasteiger partial charge on any atom is -0.369 e. The van der Waals surface area contributed by atoms with Crippen LogP contribution in [0, 0.1) is 5.92 Å². The fourth-order valence-corrected chi connectivity index (χ4v) is 3.99. The van der Waals surface area contributed by atoms with Crippen LogP contribution in [-0.4, -0.2) is 34.9 Å². The third-order valence-electron chi connectivity index (χ3n) is 4.69. The lowest BCUT2D eigenvalue weighted by molar-refractivity contribution is -0.122. The van der Waals surface area contributed by atoms with Crippen LogP contribution in [0.1, 0.15) is 40.7 Å². The number of hydrogen-bond acceptors (Lipinski definition) is 6. The van der Waals surface area contributed by atoms with Crippen LogP contribution in [0.25, 0.3) is 0 Å². The number of aromatic nitrogens is 2. The van der Waals surface area contributed by atoms with Gasteiger partial charge in [-0.2, -0.15) is 0 Å². The maximum Gasteiger partial charge on any atom is 0.263 e. The van der Waals surface area contributed by atoms with Crippen molar-refractivity contribution in [3.63, 3.8) is 0 Å². The number of nitrogens with one attached hydrogen (secondary N) is 1. The quantitative estimate of drug-likeness (QED) is 0.803. The minimum absolute atomic E-state index is 0.0584. The fraction of sp³-hybridized carbons (Fsp3) is 0.444. The van der Waals surface area contributed by atoms with Crippen LogP contribution in [-0.2, 0) is 17.8 Å². The Morgan fingerprint density at radius 3 is 2.81 bits per heavy atom. The van der Waals surface area contributed by atoms with Crippen LogP contribution in [0.5, 0.6) is 0 Å². The van der Waals surface area contributed by atoms with Crippen LogP contribution < -0.4 is 16.0 Å². The van der Waals surface area contributed by atoms with Gasteiger partial charge in [0.15, 0.2) is 0 Å². The molecule has 3 N–H and O–H groups in total. The average Bonchev–Trinajstić information content (AvgIpc) is 3.15. The molecule has 1 aliphatic heterocycles. The van der Waals surface area contributed by atoms with Gasteiger partial charge in [0.05, 0.1) is 11.2 Å². The zero-order valence-electron chi connectivity index (χ0n) is 14.8. The van der Waals surface area contributed by atoms with E-state index in [4.69, 9.17) is 5.73 Å². The third-order valence-corrected chi connectivity index (χ3v) is 5.55. The highest BCUT2D eigenvalue weighted by atomic mass is 32.1. The Balaban J connectivity index is 1.66. The molecule has 3 rings (SSSR count). The van der Waals surface area contributed by atoms with Gasteiger partial charge in [-0.3, -0.25) is 9.59 Å². The summed E-state index contributed by atoms with van der Waals surface area (Å²) >= 11 is 1.36. The molecule has 138 valence electrons. The van der Waals surface area contributed by atoms with Gasteiger partial charge in [-0.25, -0.2) is 9.97 Å². The number of hydrogen-bond donors (Lipinski definition) is 2. The summed E-state index contributed by atoms with van der Waals surface area (Å²) in [5, 5.41) is 2.97. The SMILES string of the molecule is CCc1ncsc1C(=O)NCc1cccnc1N1CCC(C(N)=O)CC1. The summed E-state index contributed by atoms with van der Waals surface area (Å²) in [4.78, 5) is 35.3. The van der Waals surface area contributed by atoms with E-state index in [1.165, 1.54) is 11.3 Å². The second kappa shape index (κ2) is 8.27. The van der Waals surface area contributed by atoms with Crippen molar-refractivity contribution in [2.24, 2.45) is 11.7 Å². The Morgan fingerprint density at radius 1 is 1.35 bits per heavy atom. The van der Waals surface area contributed by atoms with Crippen LogP contribution >= 0.6 is 11.3 Å². The van der Waals surface area contributed by atoms with Gasteiger partial charge in [-0.1, -0.05) is 13.0 Å². The van der Waals surface area contributed by atoms with E-state index in [-0.39, 0.29) is 17.7 Å². The number of primary amides is 1. The topological polar surface area (TPSA) is 101 Å². The summed E-state index contributed by atoms with van der Waals surface area (Å²) in [6.45, 7) is 3.86. The molecule has 3 heterocycles. The van der Waals surface area contributed by atoms with Gasteiger partial charge in [0, 0.05) is 37.3 Å². The molecule has 1 fully saturated rings. The Hall–Kier alpha value is -2.48. The molecule has 0 atom stereocenters. The maximum atomic E-state index is 12.4. The van der Waals surface area contributed by atoms with Crippen LogP contribution in [0.2, 0.25) is 0 Å². The lowest BCUT2D eigenvalue weighted by atomic mass is 9.96. The lowest BCUT2D eigenvalue weighted by Gasteiger charge is -2.32. The minimum atomic E-state index is -0.227. The normalized spacial score (nSPS) is 15.0. The molecule has 0 saturated carbocycles. The number of thiazole rings is 1. The number of rotatable bonds is 6. The first-order valence-electron chi connectivity index (χ1n) is 8.78. The molecule has 2 aromatic heterocycles. The first-order valence-corrected chi connectivity index (χ1v) is 9.66. The smallest absolute Gasteiger partial charge is 0.263 e. The predicted octanol–water partition coefficient (Wildman–Crippen LogP) is 1.73. The van der Waals surface area contributed by atoms with E-state index in [0.29, 0.717) is 11.4 Å². The second-order valence-electron chi connectivity index (χ2n) is 6.31. The van der Waals surface area contributed by atoms with E-state index in [9.17, 15) is 9.59 Å². The van der Waals surface area contributed by atoms with Gasteiger partial charge in [0.25, 0.3) is 5.91 Å². The molecule has 0 aromatic carbocycles. The summed E-state index contributed by atoms with van der Waals surface area (Å²) in [5.41, 5.74) is 8.89. The summed E-state index contributed by atoms with van der Waals surface area (Å²) in [5.74, 6) is 0.466. The number of pyridine rings is 1. The number of carbonyl (C=O) groups excluding carboxylic acids is 2. The van der Waals surface area contributed by atoms with Gasteiger partial charge in [-0.05, 0) is 25.3 Å². The lowest BCUT2D eigenvalue weighted by Crippen LogP contribution is -2.39. The molecule has 0 radical (unpaired) electrons. The molecular weight excluding hydrogens is 350 g/mol. The van der Waals surface area contributed by atoms with Crippen molar-refractivity contribution >= 4 is 29.0 Å². The van der Waals surface area contributed by atoms with Crippen LogP contribution in [0.3, 0.4) is 0 Å². The molecule has 8 heteroatoms. The number of carbonyl (C=O) groups is 2.